The third kappa shape index (κ3) is 2.71. The zero-order chi connectivity index (χ0) is 14.3. The van der Waals surface area contributed by atoms with Crippen LogP contribution in [0.2, 0.25) is 0 Å². The summed E-state index contributed by atoms with van der Waals surface area (Å²) in [6.45, 7) is 2.38. The van der Waals surface area contributed by atoms with Crippen LogP contribution >= 0.6 is 43.6 Å². The lowest BCUT2D eigenvalue weighted by atomic mass is 9.91. The first kappa shape index (κ1) is 15.0. The van der Waals surface area contributed by atoms with Crippen LogP contribution in [0.4, 0.5) is 0 Å². The highest BCUT2D eigenvalue weighted by molar-refractivity contribution is 9.15. The van der Waals surface area contributed by atoms with Crippen molar-refractivity contribution in [2.75, 3.05) is 12.8 Å². The fourth-order valence-corrected chi connectivity index (χ4v) is 5.62. The van der Waals surface area contributed by atoms with Crippen LogP contribution in [-0.2, 0) is 0 Å². The standard InChI is InChI=1S/C16H19Br2NS/c1-10(15-4-3-7-20-15)11-5-6-12-13(8-11)14(17)9-19(2)16(12)18/h5-6,8-10,15-16H,3-4,7H2,1-2H3. The second kappa shape index (κ2) is 6.05. The molecule has 1 aromatic rings. The maximum Gasteiger partial charge on any atom is 0.110 e. The summed E-state index contributed by atoms with van der Waals surface area (Å²) in [6, 6.07) is 6.97. The first-order chi connectivity index (χ1) is 9.58. The van der Waals surface area contributed by atoms with Gasteiger partial charge in [0.25, 0.3) is 0 Å². The second-order valence-corrected chi connectivity index (χ2v) is 8.73. The van der Waals surface area contributed by atoms with Crippen molar-refractivity contribution in [3.63, 3.8) is 0 Å². The molecule has 20 heavy (non-hydrogen) atoms. The molecular weight excluding hydrogens is 398 g/mol. The molecule has 1 aromatic carbocycles. The number of hydrogen-bond acceptors (Lipinski definition) is 2. The Morgan fingerprint density at radius 2 is 2.20 bits per heavy atom. The fraction of sp³-hybridized carbons (Fsp3) is 0.500. The van der Waals surface area contributed by atoms with Crippen LogP contribution in [0.3, 0.4) is 0 Å². The third-order valence-electron chi connectivity index (χ3n) is 4.31. The zero-order valence-corrected chi connectivity index (χ0v) is 15.8. The van der Waals surface area contributed by atoms with Crippen LogP contribution in [0.1, 0.15) is 47.3 Å². The summed E-state index contributed by atoms with van der Waals surface area (Å²) in [4.78, 5) is 2.45. The van der Waals surface area contributed by atoms with Crippen LogP contribution in [0, 0.1) is 0 Å². The van der Waals surface area contributed by atoms with Crippen molar-refractivity contribution in [2.45, 2.75) is 35.9 Å². The molecule has 0 amide bonds. The predicted molar refractivity (Wildman–Crippen MR) is 96.7 cm³/mol. The topological polar surface area (TPSA) is 3.24 Å². The zero-order valence-electron chi connectivity index (χ0n) is 11.8. The van der Waals surface area contributed by atoms with E-state index < -0.39 is 0 Å². The molecule has 0 aliphatic carbocycles. The molecule has 1 saturated heterocycles. The van der Waals surface area contributed by atoms with Gasteiger partial charge in [0, 0.05) is 23.0 Å². The van der Waals surface area contributed by atoms with E-state index in [1.54, 1.807) is 0 Å². The molecule has 3 atom stereocenters. The lowest BCUT2D eigenvalue weighted by molar-refractivity contribution is 0.442. The van der Waals surface area contributed by atoms with Gasteiger partial charge in [0.1, 0.15) is 4.95 Å². The Balaban J connectivity index is 1.94. The van der Waals surface area contributed by atoms with Crippen LogP contribution < -0.4 is 0 Å². The number of benzene rings is 1. The minimum absolute atomic E-state index is 0.268. The minimum atomic E-state index is 0.268. The summed E-state index contributed by atoms with van der Waals surface area (Å²) in [5.41, 5.74) is 4.15. The van der Waals surface area contributed by atoms with Gasteiger partial charge < -0.3 is 4.90 Å². The molecule has 2 aliphatic heterocycles. The molecule has 3 rings (SSSR count). The van der Waals surface area contributed by atoms with Gasteiger partial charge in [0.2, 0.25) is 0 Å². The lowest BCUT2D eigenvalue weighted by Crippen LogP contribution is -2.19. The number of nitrogens with zero attached hydrogens (tertiary/aromatic N) is 1. The van der Waals surface area contributed by atoms with Crippen molar-refractivity contribution < 1.29 is 0 Å². The summed E-state index contributed by atoms with van der Waals surface area (Å²) in [7, 11) is 2.09. The third-order valence-corrected chi connectivity index (χ3v) is 7.68. The highest BCUT2D eigenvalue weighted by Gasteiger charge is 2.26. The number of halogens is 2. The van der Waals surface area contributed by atoms with Gasteiger partial charge in [-0.25, -0.2) is 0 Å². The lowest BCUT2D eigenvalue weighted by Gasteiger charge is -2.30. The van der Waals surface area contributed by atoms with Gasteiger partial charge in [-0.1, -0.05) is 35.0 Å². The van der Waals surface area contributed by atoms with Crippen molar-refractivity contribution in [1.29, 1.82) is 0 Å². The van der Waals surface area contributed by atoms with E-state index in [9.17, 15) is 0 Å². The highest BCUT2D eigenvalue weighted by Crippen LogP contribution is 2.43. The van der Waals surface area contributed by atoms with Crippen molar-refractivity contribution in [2.24, 2.45) is 0 Å². The van der Waals surface area contributed by atoms with Crippen LogP contribution in [0.15, 0.2) is 24.4 Å². The van der Waals surface area contributed by atoms with Crippen molar-refractivity contribution in [3.05, 3.63) is 41.1 Å². The summed E-state index contributed by atoms with van der Waals surface area (Å²) >= 11 is 9.62. The molecule has 2 aliphatic rings. The maximum absolute atomic E-state index is 3.76. The molecule has 0 aromatic heterocycles. The second-order valence-electron chi connectivity index (χ2n) is 5.67. The van der Waals surface area contributed by atoms with Gasteiger partial charge in [0.15, 0.2) is 0 Å². The first-order valence-electron chi connectivity index (χ1n) is 7.07. The average molecular weight is 417 g/mol. The Hall–Kier alpha value is 0.0700. The van der Waals surface area contributed by atoms with Gasteiger partial charge in [0.05, 0.1) is 0 Å². The molecule has 1 nitrogen and oxygen atoms in total. The van der Waals surface area contributed by atoms with Gasteiger partial charge in [-0.15, -0.1) is 0 Å². The number of alkyl halides is 1. The van der Waals surface area contributed by atoms with E-state index in [4.69, 9.17) is 0 Å². The number of fused-ring (bicyclic) bond motifs is 1. The summed E-state index contributed by atoms with van der Waals surface area (Å²) in [5.74, 6) is 1.97. The quantitative estimate of drug-likeness (QED) is 0.448. The summed E-state index contributed by atoms with van der Waals surface area (Å²) in [5, 5.41) is 0.793. The SMILES string of the molecule is CC(c1ccc2c(c1)C(Br)=CN(C)C2Br)C1CCCS1. The van der Waals surface area contributed by atoms with Gasteiger partial charge in [-0.3, -0.25) is 0 Å². The molecule has 0 radical (unpaired) electrons. The predicted octanol–water partition coefficient (Wildman–Crippen LogP) is 5.72. The van der Waals surface area contributed by atoms with Gasteiger partial charge in [-0.05, 0) is 63.2 Å². The first-order valence-corrected chi connectivity index (χ1v) is 9.83. The van der Waals surface area contributed by atoms with E-state index in [0.717, 1.165) is 5.25 Å². The van der Waals surface area contributed by atoms with E-state index in [0.29, 0.717) is 5.92 Å². The van der Waals surface area contributed by atoms with E-state index in [1.807, 2.05) is 0 Å². The Morgan fingerprint density at radius 3 is 2.90 bits per heavy atom. The van der Waals surface area contributed by atoms with E-state index in [2.05, 4.69) is 86.9 Å². The average Bonchev–Trinajstić information content (AvgIpc) is 2.98. The Kier molecular flexibility index (Phi) is 4.54. The van der Waals surface area contributed by atoms with E-state index in [1.165, 1.54) is 39.8 Å². The van der Waals surface area contributed by atoms with Crippen molar-refractivity contribution in [1.82, 2.24) is 4.90 Å². The molecule has 2 heterocycles. The molecule has 4 heteroatoms. The Labute approximate surface area is 142 Å². The monoisotopic (exact) mass is 415 g/mol. The smallest absolute Gasteiger partial charge is 0.110 e. The molecule has 0 saturated carbocycles. The molecule has 108 valence electrons. The largest absolute Gasteiger partial charge is 0.363 e. The summed E-state index contributed by atoms with van der Waals surface area (Å²) < 4.78 is 1.18. The van der Waals surface area contributed by atoms with Crippen LogP contribution in [0.25, 0.3) is 4.48 Å². The number of hydrogen-bond donors (Lipinski definition) is 0. The van der Waals surface area contributed by atoms with Gasteiger partial charge >= 0.3 is 0 Å². The van der Waals surface area contributed by atoms with Crippen molar-refractivity contribution in [3.8, 4) is 0 Å². The normalized spacial score (nSPS) is 27.2. The molecule has 0 N–H and O–H groups in total. The number of rotatable bonds is 2. The van der Waals surface area contributed by atoms with Gasteiger partial charge in [-0.2, -0.15) is 11.8 Å². The highest BCUT2D eigenvalue weighted by atomic mass is 79.9. The van der Waals surface area contributed by atoms with E-state index in [-0.39, 0.29) is 4.95 Å². The Morgan fingerprint density at radius 1 is 1.40 bits per heavy atom. The molecule has 3 unspecified atom stereocenters. The Bertz CT molecular complexity index is 537. The number of thioether (sulfide) groups is 1. The van der Waals surface area contributed by atoms with Crippen molar-refractivity contribution >= 4 is 48.1 Å². The maximum atomic E-state index is 3.76. The minimum Gasteiger partial charge on any atom is -0.363 e. The fourth-order valence-electron chi connectivity index (χ4n) is 3.02. The molecule has 0 bridgehead atoms. The molecule has 1 fully saturated rings. The molecule has 0 spiro atoms. The van der Waals surface area contributed by atoms with Crippen LogP contribution in [0.5, 0.6) is 0 Å². The van der Waals surface area contributed by atoms with Crippen LogP contribution in [-0.4, -0.2) is 23.0 Å². The van der Waals surface area contributed by atoms with E-state index >= 15 is 0 Å². The summed E-state index contributed by atoms with van der Waals surface area (Å²) in [6.07, 6.45) is 4.90. The molecular formula is C16H19Br2NS.